The van der Waals surface area contributed by atoms with Crippen molar-refractivity contribution >= 4 is 11.6 Å². The summed E-state index contributed by atoms with van der Waals surface area (Å²) in [6.45, 7) is 0.315. The van der Waals surface area contributed by atoms with E-state index in [1.807, 2.05) is 18.2 Å². The molecule has 4 rings (SSSR count). The molecule has 0 spiro atoms. The Morgan fingerprint density at radius 1 is 1.15 bits per heavy atom. The highest BCUT2D eigenvalue weighted by molar-refractivity contribution is 6.06. The second-order valence-electron chi connectivity index (χ2n) is 5.79. The molecule has 0 fully saturated rings. The number of anilines is 1. The first-order valence-corrected chi connectivity index (χ1v) is 8.05. The van der Waals surface area contributed by atoms with Gasteiger partial charge in [-0.25, -0.2) is 13.8 Å². The summed E-state index contributed by atoms with van der Waals surface area (Å²) in [6, 6.07) is 12.3. The van der Waals surface area contributed by atoms with Crippen LogP contribution in [0.4, 0.5) is 14.5 Å². The number of nitrogens with zero attached hydrogens (tertiary/aromatic N) is 2. The third kappa shape index (κ3) is 3.03. The topological polar surface area (TPSA) is 55.6 Å². The zero-order valence-electron chi connectivity index (χ0n) is 13.6. The van der Waals surface area contributed by atoms with E-state index in [4.69, 9.17) is 9.15 Å². The number of para-hydroxylation sites is 1. The summed E-state index contributed by atoms with van der Waals surface area (Å²) < 4.78 is 38.2. The lowest BCUT2D eigenvalue weighted by Crippen LogP contribution is -2.37. The minimum atomic E-state index is -0.797. The monoisotopic (exact) mass is 356 g/mol. The highest BCUT2D eigenvalue weighted by Gasteiger charge is 2.32. The third-order valence-electron chi connectivity index (χ3n) is 4.06. The molecule has 0 bridgehead atoms. The predicted octanol–water partition coefficient (Wildman–Crippen LogP) is 3.73. The molecular weight excluding hydrogens is 342 g/mol. The standard InChI is InChI=1S/C19H14F2N2O3/c20-12-6-7-16(14(21)10-12)23-9-8-15-18(19(23)24)26-17(22-15)11-25-13-4-2-1-3-5-13/h1-7,10H,8-9,11H2. The van der Waals surface area contributed by atoms with Crippen LogP contribution in [0.15, 0.2) is 52.9 Å². The average molecular weight is 356 g/mol. The fourth-order valence-electron chi connectivity index (χ4n) is 2.83. The molecule has 7 heteroatoms. The largest absolute Gasteiger partial charge is 0.484 e. The summed E-state index contributed by atoms with van der Waals surface area (Å²) >= 11 is 0. The van der Waals surface area contributed by atoms with Crippen LogP contribution in [0.5, 0.6) is 5.75 Å². The average Bonchev–Trinajstić information content (AvgIpc) is 3.06. The van der Waals surface area contributed by atoms with E-state index in [2.05, 4.69) is 4.98 Å². The second-order valence-corrected chi connectivity index (χ2v) is 5.79. The van der Waals surface area contributed by atoms with E-state index < -0.39 is 17.5 Å². The molecule has 0 aliphatic carbocycles. The number of carbonyl (C=O) groups excluding carboxylic acids is 1. The lowest BCUT2D eigenvalue weighted by molar-refractivity contribution is 0.0947. The summed E-state index contributed by atoms with van der Waals surface area (Å²) in [6.07, 6.45) is 0.409. The van der Waals surface area contributed by atoms with Crippen LogP contribution in [-0.4, -0.2) is 17.4 Å². The van der Waals surface area contributed by atoms with Gasteiger partial charge in [0.25, 0.3) is 5.91 Å². The summed E-state index contributed by atoms with van der Waals surface area (Å²) in [5.74, 6) is -1.01. The van der Waals surface area contributed by atoms with Crippen LogP contribution >= 0.6 is 0 Å². The minimum absolute atomic E-state index is 0.0144. The van der Waals surface area contributed by atoms with Gasteiger partial charge in [-0.3, -0.25) is 4.79 Å². The Morgan fingerprint density at radius 2 is 1.96 bits per heavy atom. The van der Waals surface area contributed by atoms with Gasteiger partial charge in [-0.15, -0.1) is 0 Å². The van der Waals surface area contributed by atoms with E-state index >= 15 is 0 Å². The number of halogens is 2. The van der Waals surface area contributed by atoms with Crippen LogP contribution in [0.3, 0.4) is 0 Å². The molecule has 0 saturated carbocycles. The molecule has 0 unspecified atom stereocenters. The molecule has 0 N–H and O–H groups in total. The highest BCUT2D eigenvalue weighted by atomic mass is 19.1. The van der Waals surface area contributed by atoms with Crippen molar-refractivity contribution in [1.82, 2.24) is 4.98 Å². The Balaban J connectivity index is 1.54. The highest BCUT2D eigenvalue weighted by Crippen LogP contribution is 2.28. The van der Waals surface area contributed by atoms with E-state index in [1.165, 1.54) is 11.0 Å². The zero-order chi connectivity index (χ0) is 18.1. The molecule has 0 atom stereocenters. The Kier molecular flexibility index (Phi) is 4.12. The maximum atomic E-state index is 14.0. The number of amides is 1. The number of hydrogen-bond acceptors (Lipinski definition) is 4. The van der Waals surface area contributed by atoms with Crippen molar-refractivity contribution in [1.29, 1.82) is 0 Å². The van der Waals surface area contributed by atoms with Crippen molar-refractivity contribution in [2.75, 3.05) is 11.4 Å². The molecule has 2 heterocycles. The lowest BCUT2D eigenvalue weighted by atomic mass is 10.1. The summed E-state index contributed by atoms with van der Waals surface area (Å²) in [4.78, 5) is 18.1. The molecule has 1 aliphatic rings. The maximum Gasteiger partial charge on any atom is 0.296 e. The van der Waals surface area contributed by atoms with Gasteiger partial charge in [0.2, 0.25) is 11.7 Å². The fraction of sp³-hybridized carbons (Fsp3) is 0.158. The van der Waals surface area contributed by atoms with Gasteiger partial charge in [0, 0.05) is 19.0 Å². The molecule has 1 aliphatic heterocycles. The second kappa shape index (κ2) is 6.59. The zero-order valence-corrected chi connectivity index (χ0v) is 13.6. The SMILES string of the molecule is O=C1c2oc(COc3ccccc3)nc2CCN1c1ccc(F)cc1F. The Morgan fingerprint density at radius 3 is 2.73 bits per heavy atom. The molecular formula is C19H14F2N2O3. The van der Waals surface area contributed by atoms with Crippen LogP contribution < -0.4 is 9.64 Å². The quantitative estimate of drug-likeness (QED) is 0.715. The number of fused-ring (bicyclic) bond motifs is 1. The predicted molar refractivity (Wildman–Crippen MR) is 89.0 cm³/mol. The first kappa shape index (κ1) is 16.3. The molecule has 2 aromatic carbocycles. The molecule has 0 radical (unpaired) electrons. The maximum absolute atomic E-state index is 14.0. The van der Waals surface area contributed by atoms with Gasteiger partial charge in [-0.05, 0) is 24.3 Å². The number of aromatic nitrogens is 1. The van der Waals surface area contributed by atoms with Crippen molar-refractivity contribution in [2.45, 2.75) is 13.0 Å². The van der Waals surface area contributed by atoms with Crippen LogP contribution in [0.1, 0.15) is 22.1 Å². The van der Waals surface area contributed by atoms with Gasteiger partial charge < -0.3 is 14.1 Å². The van der Waals surface area contributed by atoms with Crippen molar-refractivity contribution in [2.24, 2.45) is 0 Å². The first-order chi connectivity index (χ1) is 12.6. The van der Waals surface area contributed by atoms with Crippen molar-refractivity contribution < 1.29 is 22.7 Å². The Labute approximate surface area is 147 Å². The van der Waals surface area contributed by atoms with Crippen LogP contribution in [0, 0.1) is 11.6 Å². The summed E-state index contributed by atoms with van der Waals surface area (Å²) in [5, 5.41) is 0. The number of hydrogen-bond donors (Lipinski definition) is 0. The number of benzene rings is 2. The molecule has 26 heavy (non-hydrogen) atoms. The Bertz CT molecular complexity index is 957. The normalized spacial score (nSPS) is 13.6. The summed E-state index contributed by atoms with van der Waals surface area (Å²) in [5.41, 5.74) is 0.529. The van der Waals surface area contributed by atoms with Gasteiger partial charge in [0.05, 0.1) is 11.4 Å². The summed E-state index contributed by atoms with van der Waals surface area (Å²) in [7, 11) is 0. The Hall–Kier alpha value is -3.22. The molecule has 0 saturated heterocycles. The van der Waals surface area contributed by atoms with Crippen molar-refractivity contribution in [3.05, 3.63) is 77.5 Å². The van der Waals surface area contributed by atoms with E-state index in [0.717, 1.165) is 12.1 Å². The molecule has 3 aromatic rings. The smallest absolute Gasteiger partial charge is 0.296 e. The molecule has 1 amide bonds. The van der Waals surface area contributed by atoms with E-state index in [-0.39, 0.29) is 30.5 Å². The van der Waals surface area contributed by atoms with E-state index in [1.54, 1.807) is 12.1 Å². The van der Waals surface area contributed by atoms with Crippen LogP contribution in [0.25, 0.3) is 0 Å². The number of rotatable bonds is 4. The van der Waals surface area contributed by atoms with Gasteiger partial charge >= 0.3 is 0 Å². The number of oxazole rings is 1. The first-order valence-electron chi connectivity index (χ1n) is 8.05. The van der Waals surface area contributed by atoms with Gasteiger partial charge in [-0.2, -0.15) is 0 Å². The minimum Gasteiger partial charge on any atom is -0.484 e. The van der Waals surface area contributed by atoms with Crippen LogP contribution in [-0.2, 0) is 13.0 Å². The van der Waals surface area contributed by atoms with Crippen molar-refractivity contribution in [3.8, 4) is 5.75 Å². The van der Waals surface area contributed by atoms with E-state index in [9.17, 15) is 13.6 Å². The van der Waals surface area contributed by atoms with Gasteiger partial charge in [-0.1, -0.05) is 18.2 Å². The number of ether oxygens (including phenoxy) is 1. The lowest BCUT2D eigenvalue weighted by Gasteiger charge is -2.25. The third-order valence-corrected chi connectivity index (χ3v) is 4.06. The van der Waals surface area contributed by atoms with Gasteiger partial charge in [0.15, 0.2) is 6.61 Å². The fourth-order valence-corrected chi connectivity index (χ4v) is 2.83. The number of carbonyl (C=O) groups is 1. The molecule has 132 valence electrons. The van der Waals surface area contributed by atoms with E-state index in [0.29, 0.717) is 17.9 Å². The van der Waals surface area contributed by atoms with Crippen molar-refractivity contribution in [3.63, 3.8) is 0 Å². The molecule has 5 nitrogen and oxygen atoms in total. The van der Waals surface area contributed by atoms with Crippen LogP contribution in [0.2, 0.25) is 0 Å². The van der Waals surface area contributed by atoms with Gasteiger partial charge in [0.1, 0.15) is 17.4 Å². The molecule has 1 aromatic heterocycles.